The number of amides is 1. The topological polar surface area (TPSA) is 81.4 Å². The van der Waals surface area contributed by atoms with Crippen LogP contribution in [0.5, 0.6) is 0 Å². The summed E-state index contributed by atoms with van der Waals surface area (Å²) < 4.78 is 4.81. The monoisotopic (exact) mass is 228 g/mol. The van der Waals surface area contributed by atoms with Crippen molar-refractivity contribution in [3.8, 4) is 0 Å². The van der Waals surface area contributed by atoms with Crippen LogP contribution in [0.3, 0.4) is 0 Å². The normalized spacial score (nSPS) is 26.2. The smallest absolute Gasteiger partial charge is 0.328 e. The van der Waals surface area contributed by atoms with E-state index in [1.54, 1.807) is 13.8 Å². The second-order valence-electron chi connectivity index (χ2n) is 4.25. The molecule has 1 aliphatic carbocycles. The molecular formula is C11H20N2O3. The van der Waals surface area contributed by atoms with Gasteiger partial charge in [0, 0.05) is 12.0 Å². The summed E-state index contributed by atoms with van der Waals surface area (Å²) in [5, 5.41) is 2.66. The second-order valence-corrected chi connectivity index (χ2v) is 4.25. The lowest BCUT2D eigenvalue weighted by Crippen LogP contribution is -2.42. The van der Waals surface area contributed by atoms with E-state index < -0.39 is 12.0 Å². The Bertz CT molecular complexity index is 268. The SMILES string of the molecule is CCOC(=O)C(C)NC(=O)C1CCC(N)C1. The molecule has 16 heavy (non-hydrogen) atoms. The maximum atomic E-state index is 11.7. The van der Waals surface area contributed by atoms with Crippen LogP contribution in [0.4, 0.5) is 0 Å². The fourth-order valence-electron chi connectivity index (χ4n) is 1.91. The molecule has 1 aliphatic rings. The van der Waals surface area contributed by atoms with Crippen LogP contribution in [-0.4, -0.2) is 30.6 Å². The largest absolute Gasteiger partial charge is 0.464 e. The van der Waals surface area contributed by atoms with Crippen molar-refractivity contribution in [2.75, 3.05) is 6.61 Å². The third-order valence-corrected chi connectivity index (χ3v) is 2.84. The van der Waals surface area contributed by atoms with Gasteiger partial charge in [-0.2, -0.15) is 0 Å². The lowest BCUT2D eigenvalue weighted by molar-refractivity contribution is -0.147. The molecule has 92 valence electrons. The Hall–Kier alpha value is -1.10. The molecule has 0 aromatic carbocycles. The van der Waals surface area contributed by atoms with E-state index in [1.165, 1.54) is 0 Å². The first-order valence-corrected chi connectivity index (χ1v) is 5.77. The number of hydrogen-bond donors (Lipinski definition) is 2. The average molecular weight is 228 g/mol. The van der Waals surface area contributed by atoms with Gasteiger partial charge in [-0.05, 0) is 33.1 Å². The summed E-state index contributed by atoms with van der Waals surface area (Å²) in [4.78, 5) is 23.0. The van der Waals surface area contributed by atoms with Crippen LogP contribution >= 0.6 is 0 Å². The van der Waals surface area contributed by atoms with E-state index in [-0.39, 0.29) is 17.9 Å². The van der Waals surface area contributed by atoms with E-state index in [0.717, 1.165) is 12.8 Å². The van der Waals surface area contributed by atoms with E-state index in [0.29, 0.717) is 13.0 Å². The second kappa shape index (κ2) is 5.84. The highest BCUT2D eigenvalue weighted by Crippen LogP contribution is 2.24. The van der Waals surface area contributed by atoms with Crippen molar-refractivity contribution in [3.63, 3.8) is 0 Å². The highest BCUT2D eigenvalue weighted by molar-refractivity contribution is 5.85. The van der Waals surface area contributed by atoms with Crippen LogP contribution in [0, 0.1) is 5.92 Å². The molecule has 0 bridgehead atoms. The fourth-order valence-corrected chi connectivity index (χ4v) is 1.91. The predicted molar refractivity (Wildman–Crippen MR) is 59.6 cm³/mol. The van der Waals surface area contributed by atoms with Crippen molar-refractivity contribution >= 4 is 11.9 Å². The number of carbonyl (C=O) groups is 2. The van der Waals surface area contributed by atoms with Gasteiger partial charge in [-0.15, -0.1) is 0 Å². The van der Waals surface area contributed by atoms with Gasteiger partial charge in [0.2, 0.25) is 5.91 Å². The van der Waals surface area contributed by atoms with Gasteiger partial charge in [0.05, 0.1) is 6.61 Å². The number of esters is 1. The van der Waals surface area contributed by atoms with Crippen LogP contribution in [0.25, 0.3) is 0 Å². The van der Waals surface area contributed by atoms with Crippen LogP contribution in [0.15, 0.2) is 0 Å². The molecule has 0 aromatic rings. The molecule has 3 atom stereocenters. The zero-order valence-electron chi connectivity index (χ0n) is 9.86. The zero-order valence-corrected chi connectivity index (χ0v) is 9.86. The molecule has 0 aromatic heterocycles. The fraction of sp³-hybridized carbons (Fsp3) is 0.818. The van der Waals surface area contributed by atoms with Crippen molar-refractivity contribution in [2.24, 2.45) is 11.7 Å². The van der Waals surface area contributed by atoms with Gasteiger partial charge in [0.25, 0.3) is 0 Å². The number of hydrogen-bond acceptors (Lipinski definition) is 4. The van der Waals surface area contributed by atoms with E-state index in [4.69, 9.17) is 10.5 Å². The lowest BCUT2D eigenvalue weighted by atomic mass is 10.1. The lowest BCUT2D eigenvalue weighted by Gasteiger charge is -2.15. The van der Waals surface area contributed by atoms with Crippen LogP contribution in [-0.2, 0) is 14.3 Å². The number of carbonyl (C=O) groups excluding carboxylic acids is 2. The van der Waals surface area contributed by atoms with Crippen molar-refractivity contribution in [1.29, 1.82) is 0 Å². The molecule has 0 spiro atoms. The van der Waals surface area contributed by atoms with E-state index in [9.17, 15) is 9.59 Å². The highest BCUT2D eigenvalue weighted by Gasteiger charge is 2.29. The molecule has 0 radical (unpaired) electrons. The van der Waals surface area contributed by atoms with Crippen molar-refractivity contribution in [2.45, 2.75) is 45.2 Å². The average Bonchev–Trinajstić information content (AvgIpc) is 2.65. The summed E-state index contributed by atoms with van der Waals surface area (Å²) in [5.41, 5.74) is 5.73. The van der Waals surface area contributed by atoms with Gasteiger partial charge in [-0.3, -0.25) is 4.79 Å². The Morgan fingerprint density at radius 1 is 1.50 bits per heavy atom. The van der Waals surface area contributed by atoms with Crippen molar-refractivity contribution in [1.82, 2.24) is 5.32 Å². The number of rotatable bonds is 4. The van der Waals surface area contributed by atoms with Crippen LogP contribution in [0.2, 0.25) is 0 Å². The van der Waals surface area contributed by atoms with Gasteiger partial charge in [0.1, 0.15) is 6.04 Å². The Morgan fingerprint density at radius 2 is 2.19 bits per heavy atom. The maximum Gasteiger partial charge on any atom is 0.328 e. The molecular weight excluding hydrogens is 208 g/mol. The van der Waals surface area contributed by atoms with Crippen molar-refractivity contribution < 1.29 is 14.3 Å². The maximum absolute atomic E-state index is 11.7. The molecule has 0 heterocycles. The van der Waals surface area contributed by atoms with Gasteiger partial charge in [0.15, 0.2) is 0 Å². The Balaban J connectivity index is 2.36. The molecule has 5 nitrogen and oxygen atoms in total. The molecule has 1 rings (SSSR count). The third kappa shape index (κ3) is 3.48. The minimum absolute atomic E-state index is 0.0492. The molecule has 0 aliphatic heterocycles. The first kappa shape index (κ1) is 13.0. The summed E-state index contributed by atoms with van der Waals surface area (Å²) in [6.07, 6.45) is 2.40. The van der Waals surface area contributed by atoms with Crippen LogP contribution in [0.1, 0.15) is 33.1 Å². The Labute approximate surface area is 95.7 Å². The van der Waals surface area contributed by atoms with Gasteiger partial charge < -0.3 is 15.8 Å². The van der Waals surface area contributed by atoms with Crippen LogP contribution < -0.4 is 11.1 Å². The molecule has 1 fully saturated rings. The van der Waals surface area contributed by atoms with E-state index in [2.05, 4.69) is 5.32 Å². The van der Waals surface area contributed by atoms with E-state index in [1.807, 2.05) is 0 Å². The molecule has 1 amide bonds. The summed E-state index contributed by atoms with van der Waals surface area (Å²) in [6.45, 7) is 3.69. The van der Waals surface area contributed by atoms with Gasteiger partial charge >= 0.3 is 5.97 Å². The number of nitrogens with two attached hydrogens (primary N) is 1. The summed E-state index contributed by atoms with van der Waals surface area (Å²) >= 11 is 0. The van der Waals surface area contributed by atoms with Gasteiger partial charge in [-0.1, -0.05) is 0 Å². The molecule has 1 saturated carbocycles. The molecule has 3 N–H and O–H groups in total. The summed E-state index contributed by atoms with van der Waals surface area (Å²) in [5.74, 6) is -0.529. The Kier molecular flexibility index (Phi) is 4.73. The molecule has 3 unspecified atom stereocenters. The zero-order chi connectivity index (χ0) is 12.1. The first-order valence-electron chi connectivity index (χ1n) is 5.77. The number of nitrogens with one attached hydrogen (secondary N) is 1. The first-order chi connectivity index (χ1) is 7.54. The molecule has 0 saturated heterocycles. The van der Waals surface area contributed by atoms with Gasteiger partial charge in [-0.25, -0.2) is 4.79 Å². The third-order valence-electron chi connectivity index (χ3n) is 2.84. The standard InChI is InChI=1S/C11H20N2O3/c1-3-16-11(15)7(2)13-10(14)8-4-5-9(12)6-8/h7-9H,3-6,12H2,1-2H3,(H,13,14). The summed E-state index contributed by atoms with van der Waals surface area (Å²) in [6, 6.07) is -0.460. The van der Waals surface area contributed by atoms with Crippen molar-refractivity contribution in [3.05, 3.63) is 0 Å². The minimum atomic E-state index is -0.579. The van der Waals surface area contributed by atoms with E-state index >= 15 is 0 Å². The summed E-state index contributed by atoms with van der Waals surface area (Å²) in [7, 11) is 0. The quantitative estimate of drug-likeness (QED) is 0.673. The Morgan fingerprint density at radius 3 is 2.69 bits per heavy atom. The highest BCUT2D eigenvalue weighted by atomic mass is 16.5. The predicted octanol–water partition coefficient (Wildman–Crippen LogP) is 0.182. The molecule has 5 heteroatoms. The number of ether oxygens (including phenoxy) is 1. The minimum Gasteiger partial charge on any atom is -0.464 e.